The van der Waals surface area contributed by atoms with Crippen molar-refractivity contribution >= 4 is 29.2 Å². The second-order valence-corrected chi connectivity index (χ2v) is 5.70. The first-order valence-electron chi connectivity index (χ1n) is 8.38. The number of benzene rings is 2. The number of para-hydroxylation sites is 1. The molecule has 6 nitrogen and oxygen atoms in total. The maximum Gasteiger partial charge on any atom is 0.396 e. The van der Waals surface area contributed by atoms with Crippen LogP contribution in [0.5, 0.6) is 0 Å². The van der Waals surface area contributed by atoms with Crippen LogP contribution in [-0.2, 0) is 25.5 Å². The summed E-state index contributed by atoms with van der Waals surface area (Å²) < 4.78 is 4.35. The van der Waals surface area contributed by atoms with E-state index in [-0.39, 0.29) is 12.3 Å². The van der Waals surface area contributed by atoms with Crippen molar-refractivity contribution in [3.8, 4) is 0 Å². The SMILES string of the molecule is CCCN(C(=O)Cc1ccc(NC(=O)C(=O)OC)cc1)c1ccccc1. The first kappa shape index (κ1) is 19.2. The van der Waals surface area contributed by atoms with Gasteiger partial charge in [0.1, 0.15) is 0 Å². The summed E-state index contributed by atoms with van der Waals surface area (Å²) >= 11 is 0. The van der Waals surface area contributed by atoms with E-state index in [9.17, 15) is 14.4 Å². The molecule has 1 N–H and O–H groups in total. The zero-order valence-corrected chi connectivity index (χ0v) is 14.9. The largest absolute Gasteiger partial charge is 0.462 e. The van der Waals surface area contributed by atoms with Crippen LogP contribution in [0, 0.1) is 0 Å². The highest BCUT2D eigenvalue weighted by Gasteiger charge is 2.16. The average molecular weight is 354 g/mol. The van der Waals surface area contributed by atoms with Crippen LogP contribution in [0.2, 0.25) is 0 Å². The fourth-order valence-corrected chi connectivity index (χ4v) is 2.48. The Balaban J connectivity index is 2.04. The molecule has 0 saturated carbocycles. The third kappa shape index (κ3) is 5.17. The monoisotopic (exact) mass is 354 g/mol. The molecule has 0 radical (unpaired) electrons. The third-order valence-corrected chi connectivity index (χ3v) is 3.75. The summed E-state index contributed by atoms with van der Waals surface area (Å²) in [5.74, 6) is -1.79. The van der Waals surface area contributed by atoms with Crippen molar-refractivity contribution in [3.05, 3.63) is 60.2 Å². The van der Waals surface area contributed by atoms with Crippen LogP contribution < -0.4 is 10.2 Å². The molecule has 136 valence electrons. The van der Waals surface area contributed by atoms with Crippen LogP contribution in [0.25, 0.3) is 0 Å². The van der Waals surface area contributed by atoms with Gasteiger partial charge in [0.15, 0.2) is 0 Å². The molecule has 0 heterocycles. The minimum Gasteiger partial charge on any atom is -0.462 e. The number of nitrogens with zero attached hydrogens (tertiary/aromatic N) is 1. The molecule has 0 unspecified atom stereocenters. The molecule has 2 rings (SSSR count). The average Bonchev–Trinajstić information content (AvgIpc) is 2.67. The lowest BCUT2D eigenvalue weighted by Crippen LogP contribution is -2.32. The molecular weight excluding hydrogens is 332 g/mol. The van der Waals surface area contributed by atoms with E-state index in [2.05, 4.69) is 10.1 Å². The molecule has 0 fully saturated rings. The number of hydrogen-bond donors (Lipinski definition) is 1. The summed E-state index contributed by atoms with van der Waals surface area (Å²) in [6.45, 7) is 2.68. The fourth-order valence-electron chi connectivity index (χ4n) is 2.48. The van der Waals surface area contributed by atoms with Gasteiger partial charge in [-0.05, 0) is 36.2 Å². The topological polar surface area (TPSA) is 75.7 Å². The molecule has 0 saturated heterocycles. The number of anilines is 2. The summed E-state index contributed by atoms with van der Waals surface area (Å²) in [6.07, 6.45) is 1.11. The predicted octanol–water partition coefficient (Wildman–Crippen LogP) is 2.78. The van der Waals surface area contributed by atoms with Crippen LogP contribution in [-0.4, -0.2) is 31.4 Å². The summed E-state index contributed by atoms with van der Waals surface area (Å²) in [6, 6.07) is 16.4. The minimum absolute atomic E-state index is 0.00407. The van der Waals surface area contributed by atoms with Gasteiger partial charge in [0.25, 0.3) is 0 Å². The molecule has 26 heavy (non-hydrogen) atoms. The van der Waals surface area contributed by atoms with Crippen LogP contribution >= 0.6 is 0 Å². The molecule has 2 amide bonds. The second kappa shape index (κ2) is 9.36. The fraction of sp³-hybridized carbons (Fsp3) is 0.250. The number of amides is 2. The highest BCUT2D eigenvalue weighted by molar-refractivity contribution is 6.37. The molecule has 0 bridgehead atoms. The van der Waals surface area contributed by atoms with E-state index in [4.69, 9.17) is 0 Å². The maximum atomic E-state index is 12.7. The van der Waals surface area contributed by atoms with Gasteiger partial charge in [0.05, 0.1) is 13.5 Å². The van der Waals surface area contributed by atoms with Crippen molar-refractivity contribution in [3.63, 3.8) is 0 Å². The van der Waals surface area contributed by atoms with E-state index >= 15 is 0 Å². The molecule has 0 aliphatic rings. The number of methoxy groups -OCH3 is 1. The van der Waals surface area contributed by atoms with Gasteiger partial charge < -0.3 is 15.0 Å². The lowest BCUT2D eigenvalue weighted by Gasteiger charge is -2.22. The van der Waals surface area contributed by atoms with Gasteiger partial charge in [0.2, 0.25) is 5.91 Å². The van der Waals surface area contributed by atoms with E-state index in [1.54, 1.807) is 29.2 Å². The first-order chi connectivity index (χ1) is 12.5. The lowest BCUT2D eigenvalue weighted by atomic mass is 10.1. The highest BCUT2D eigenvalue weighted by atomic mass is 16.5. The number of nitrogens with one attached hydrogen (secondary N) is 1. The predicted molar refractivity (Wildman–Crippen MR) is 99.9 cm³/mol. The Morgan fingerprint density at radius 3 is 2.23 bits per heavy atom. The number of carbonyl (C=O) groups excluding carboxylic acids is 3. The van der Waals surface area contributed by atoms with Gasteiger partial charge in [-0.3, -0.25) is 9.59 Å². The molecular formula is C20H22N2O4. The first-order valence-corrected chi connectivity index (χ1v) is 8.38. The van der Waals surface area contributed by atoms with Crippen molar-refractivity contribution in [1.82, 2.24) is 0 Å². The number of esters is 1. The molecule has 0 aromatic heterocycles. The van der Waals surface area contributed by atoms with E-state index in [0.29, 0.717) is 12.2 Å². The normalized spacial score (nSPS) is 10.1. The number of carbonyl (C=O) groups is 3. The van der Waals surface area contributed by atoms with E-state index < -0.39 is 11.9 Å². The molecule has 0 spiro atoms. The van der Waals surface area contributed by atoms with Crippen LogP contribution in [0.4, 0.5) is 11.4 Å². The van der Waals surface area contributed by atoms with Gasteiger partial charge in [-0.1, -0.05) is 37.3 Å². The Morgan fingerprint density at radius 2 is 1.65 bits per heavy atom. The Bertz CT molecular complexity index is 757. The van der Waals surface area contributed by atoms with Crippen molar-refractivity contribution in [2.24, 2.45) is 0 Å². The zero-order valence-electron chi connectivity index (χ0n) is 14.9. The van der Waals surface area contributed by atoms with Crippen LogP contribution in [0.3, 0.4) is 0 Å². The molecule has 2 aromatic rings. The van der Waals surface area contributed by atoms with Gasteiger partial charge in [-0.25, -0.2) is 4.79 Å². The van der Waals surface area contributed by atoms with Crippen molar-refractivity contribution < 1.29 is 19.1 Å². The van der Waals surface area contributed by atoms with Gasteiger partial charge in [0, 0.05) is 17.9 Å². The number of rotatable bonds is 6. The molecule has 2 aromatic carbocycles. The van der Waals surface area contributed by atoms with Gasteiger partial charge in [-0.2, -0.15) is 0 Å². The summed E-state index contributed by atoms with van der Waals surface area (Å²) in [5, 5.41) is 2.43. The van der Waals surface area contributed by atoms with Crippen molar-refractivity contribution in [2.75, 3.05) is 23.9 Å². The van der Waals surface area contributed by atoms with Gasteiger partial charge in [-0.15, -0.1) is 0 Å². The van der Waals surface area contributed by atoms with Gasteiger partial charge >= 0.3 is 11.9 Å². The molecule has 0 aliphatic carbocycles. The number of hydrogen-bond acceptors (Lipinski definition) is 4. The zero-order chi connectivity index (χ0) is 18.9. The molecule has 0 atom stereocenters. The lowest BCUT2D eigenvalue weighted by molar-refractivity contribution is -0.150. The third-order valence-electron chi connectivity index (χ3n) is 3.75. The standard InChI is InChI=1S/C20H22N2O4/c1-3-13-22(17-7-5-4-6-8-17)18(23)14-15-9-11-16(12-10-15)21-19(24)20(25)26-2/h4-12H,3,13-14H2,1-2H3,(H,21,24). The van der Waals surface area contributed by atoms with Crippen molar-refractivity contribution in [1.29, 1.82) is 0 Å². The second-order valence-electron chi connectivity index (χ2n) is 5.70. The molecule has 0 aliphatic heterocycles. The van der Waals surface area contributed by atoms with Crippen LogP contribution in [0.1, 0.15) is 18.9 Å². The van der Waals surface area contributed by atoms with Crippen molar-refractivity contribution in [2.45, 2.75) is 19.8 Å². The molecule has 6 heteroatoms. The Labute approximate surface area is 152 Å². The minimum atomic E-state index is -0.956. The Kier molecular flexibility index (Phi) is 6.91. The van der Waals surface area contributed by atoms with Crippen LogP contribution in [0.15, 0.2) is 54.6 Å². The van der Waals surface area contributed by atoms with E-state index in [1.165, 1.54) is 0 Å². The van der Waals surface area contributed by atoms with E-state index in [1.807, 2.05) is 37.3 Å². The summed E-state index contributed by atoms with van der Waals surface area (Å²) in [4.78, 5) is 37.1. The summed E-state index contributed by atoms with van der Waals surface area (Å²) in [5.41, 5.74) is 2.16. The maximum absolute atomic E-state index is 12.7. The number of ether oxygens (including phenoxy) is 1. The Hall–Kier alpha value is -3.15. The summed E-state index contributed by atoms with van der Waals surface area (Å²) in [7, 11) is 1.14. The van der Waals surface area contributed by atoms with E-state index in [0.717, 1.165) is 24.8 Å². The highest BCUT2D eigenvalue weighted by Crippen LogP contribution is 2.17. The Morgan fingerprint density at radius 1 is 1.00 bits per heavy atom. The quantitative estimate of drug-likeness (QED) is 0.639. The smallest absolute Gasteiger partial charge is 0.396 e.